The number of hydrogen-bond donors (Lipinski definition) is 1. The smallest absolute Gasteiger partial charge is 0.233 e. The van der Waals surface area contributed by atoms with Crippen molar-refractivity contribution >= 4 is 35.0 Å². The first-order chi connectivity index (χ1) is 15.7. The number of carbonyl (C=O) groups is 1. The number of halogens is 1. The number of benzene rings is 2. The predicted octanol–water partition coefficient (Wildman–Crippen LogP) is 4.89. The van der Waals surface area contributed by atoms with Crippen LogP contribution in [0.3, 0.4) is 0 Å². The molecule has 0 unspecified atom stereocenters. The van der Waals surface area contributed by atoms with E-state index in [9.17, 15) is 4.79 Å². The van der Waals surface area contributed by atoms with E-state index >= 15 is 0 Å². The second-order valence-electron chi connectivity index (χ2n) is 7.88. The Morgan fingerprint density at radius 3 is 2.62 bits per heavy atom. The minimum Gasteiger partial charge on any atom is -0.378 e. The van der Waals surface area contributed by atoms with Crippen molar-refractivity contribution in [3.63, 3.8) is 0 Å². The highest BCUT2D eigenvalue weighted by Gasteiger charge is 2.19. The second kappa shape index (κ2) is 11.4. The van der Waals surface area contributed by atoms with Crippen molar-refractivity contribution < 1.29 is 4.79 Å². The topological polar surface area (TPSA) is 63.1 Å². The zero-order valence-corrected chi connectivity index (χ0v) is 19.6. The summed E-state index contributed by atoms with van der Waals surface area (Å²) in [6, 6.07) is 18.0. The number of aromatic nitrogens is 3. The first kappa shape index (κ1) is 22.7. The van der Waals surface area contributed by atoms with E-state index in [1.54, 1.807) is 0 Å². The summed E-state index contributed by atoms with van der Waals surface area (Å²) in [6.07, 6.45) is 4.29. The molecule has 1 aromatic heterocycles. The van der Waals surface area contributed by atoms with Gasteiger partial charge >= 0.3 is 0 Å². The number of carbonyl (C=O) groups excluding carboxylic acids is 1. The third-order valence-electron chi connectivity index (χ3n) is 5.57. The lowest BCUT2D eigenvalue weighted by molar-refractivity contribution is -0.129. The number of amides is 1. The number of likely N-dealkylation sites (tertiary alicyclic amines) is 1. The Morgan fingerprint density at radius 2 is 1.84 bits per heavy atom. The molecule has 0 aliphatic carbocycles. The quantitative estimate of drug-likeness (QED) is 0.452. The van der Waals surface area contributed by atoms with Crippen LogP contribution < -0.4 is 5.32 Å². The molecular formula is C24H28ClN5OS. The number of nitrogens with one attached hydrogen (secondary N) is 1. The maximum absolute atomic E-state index is 12.6. The molecule has 0 saturated carbocycles. The fourth-order valence-corrected chi connectivity index (χ4v) is 4.88. The molecule has 0 radical (unpaired) electrons. The van der Waals surface area contributed by atoms with Crippen LogP contribution in [0.15, 0.2) is 59.8 Å². The largest absolute Gasteiger partial charge is 0.378 e. The Labute approximate surface area is 198 Å². The molecule has 0 atom stereocenters. The normalized spacial score (nSPS) is 13.8. The number of anilines is 1. The number of rotatable bonds is 9. The Balaban J connectivity index is 1.44. The zero-order valence-electron chi connectivity index (χ0n) is 18.0. The van der Waals surface area contributed by atoms with Gasteiger partial charge in [-0.05, 0) is 49.4 Å². The van der Waals surface area contributed by atoms with Gasteiger partial charge < -0.3 is 14.8 Å². The van der Waals surface area contributed by atoms with E-state index in [1.807, 2.05) is 35.2 Å². The van der Waals surface area contributed by atoms with E-state index in [0.717, 1.165) is 55.6 Å². The van der Waals surface area contributed by atoms with Crippen molar-refractivity contribution in [3.05, 3.63) is 71.0 Å². The minimum absolute atomic E-state index is 0.186. The van der Waals surface area contributed by atoms with Gasteiger partial charge in [0.1, 0.15) is 0 Å². The molecule has 1 amide bonds. The van der Waals surface area contributed by atoms with Crippen LogP contribution >= 0.6 is 23.4 Å². The maximum atomic E-state index is 12.6. The summed E-state index contributed by atoms with van der Waals surface area (Å²) in [5.74, 6) is 1.42. The average molecular weight is 470 g/mol. The molecule has 0 bridgehead atoms. The van der Waals surface area contributed by atoms with Gasteiger partial charge in [0.2, 0.25) is 5.91 Å². The summed E-state index contributed by atoms with van der Waals surface area (Å²) in [5.41, 5.74) is 2.19. The van der Waals surface area contributed by atoms with Crippen LogP contribution in [0.1, 0.15) is 30.7 Å². The molecule has 8 heteroatoms. The monoisotopic (exact) mass is 469 g/mol. The highest BCUT2D eigenvalue weighted by molar-refractivity contribution is 7.99. The maximum Gasteiger partial charge on any atom is 0.233 e. The fourth-order valence-electron chi connectivity index (χ4n) is 3.81. The molecule has 2 aromatic carbocycles. The molecule has 1 fully saturated rings. The van der Waals surface area contributed by atoms with Gasteiger partial charge in [0, 0.05) is 30.3 Å². The summed E-state index contributed by atoms with van der Waals surface area (Å²) in [4.78, 5) is 14.6. The van der Waals surface area contributed by atoms with Gasteiger partial charge in [0.05, 0.1) is 12.3 Å². The lowest BCUT2D eigenvalue weighted by atomic mass is 10.1. The van der Waals surface area contributed by atoms with E-state index in [4.69, 9.17) is 11.6 Å². The van der Waals surface area contributed by atoms with E-state index in [1.165, 1.54) is 23.7 Å². The molecule has 2 heterocycles. The van der Waals surface area contributed by atoms with E-state index in [-0.39, 0.29) is 5.91 Å². The van der Waals surface area contributed by atoms with Crippen LogP contribution in [0.25, 0.3) is 0 Å². The van der Waals surface area contributed by atoms with E-state index in [2.05, 4.69) is 44.3 Å². The molecule has 3 aromatic rings. The Morgan fingerprint density at radius 1 is 1.03 bits per heavy atom. The molecule has 1 N–H and O–H groups in total. The van der Waals surface area contributed by atoms with Crippen LogP contribution in [-0.2, 0) is 24.3 Å². The summed E-state index contributed by atoms with van der Waals surface area (Å²) in [5, 5.41) is 13.7. The van der Waals surface area contributed by atoms with Gasteiger partial charge in [-0.3, -0.25) is 4.79 Å². The van der Waals surface area contributed by atoms with Gasteiger partial charge in [0.15, 0.2) is 11.0 Å². The molecule has 168 valence electrons. The molecule has 1 aliphatic rings. The summed E-state index contributed by atoms with van der Waals surface area (Å²) < 4.78 is 2.12. The molecule has 1 aliphatic heterocycles. The molecule has 0 spiro atoms. The van der Waals surface area contributed by atoms with Gasteiger partial charge in [-0.2, -0.15) is 0 Å². The van der Waals surface area contributed by atoms with Crippen LogP contribution in [0.5, 0.6) is 0 Å². The van der Waals surface area contributed by atoms with Crippen molar-refractivity contribution in [1.82, 2.24) is 19.7 Å². The number of aryl methyl sites for hydroxylation is 1. The van der Waals surface area contributed by atoms with Crippen LogP contribution in [0.4, 0.5) is 5.69 Å². The first-order valence-corrected chi connectivity index (χ1v) is 12.4. The standard InChI is InChI=1S/C24H28ClN5OS/c25-20-10-7-11-21(16-20)26-17-22-27-28-24(30(22)15-12-19-8-3-1-4-9-19)32-18-23(31)29-13-5-2-6-14-29/h1,3-4,7-11,16,26H,2,5-6,12-15,17-18H2. The number of nitrogens with zero attached hydrogens (tertiary/aromatic N) is 4. The molecule has 6 nitrogen and oxygen atoms in total. The third-order valence-corrected chi connectivity index (χ3v) is 6.76. The average Bonchev–Trinajstić information content (AvgIpc) is 3.22. The highest BCUT2D eigenvalue weighted by atomic mass is 35.5. The first-order valence-electron chi connectivity index (χ1n) is 11.0. The Bertz CT molecular complexity index is 1020. The van der Waals surface area contributed by atoms with Crippen molar-refractivity contribution in [2.45, 2.75) is 43.9 Å². The lowest BCUT2D eigenvalue weighted by Crippen LogP contribution is -2.36. The lowest BCUT2D eigenvalue weighted by Gasteiger charge is -2.26. The molecule has 32 heavy (non-hydrogen) atoms. The Kier molecular flexibility index (Phi) is 8.07. The number of hydrogen-bond acceptors (Lipinski definition) is 5. The van der Waals surface area contributed by atoms with Crippen molar-refractivity contribution in [2.24, 2.45) is 0 Å². The summed E-state index contributed by atoms with van der Waals surface area (Å²) in [6.45, 7) is 3.02. The molecule has 1 saturated heterocycles. The van der Waals surface area contributed by atoms with E-state index < -0.39 is 0 Å². The van der Waals surface area contributed by atoms with Crippen LogP contribution in [0.2, 0.25) is 5.02 Å². The fraction of sp³-hybridized carbons (Fsp3) is 0.375. The minimum atomic E-state index is 0.186. The summed E-state index contributed by atoms with van der Waals surface area (Å²) in [7, 11) is 0. The third kappa shape index (κ3) is 6.26. The molecule has 4 rings (SSSR count). The van der Waals surface area contributed by atoms with E-state index in [0.29, 0.717) is 17.3 Å². The van der Waals surface area contributed by atoms with Gasteiger partial charge in [-0.15, -0.1) is 10.2 Å². The van der Waals surface area contributed by atoms with Crippen LogP contribution in [0, 0.1) is 0 Å². The van der Waals surface area contributed by atoms with Gasteiger partial charge in [-0.25, -0.2) is 0 Å². The van der Waals surface area contributed by atoms with Gasteiger partial charge in [-0.1, -0.05) is 59.8 Å². The number of thioether (sulfide) groups is 1. The highest BCUT2D eigenvalue weighted by Crippen LogP contribution is 2.21. The second-order valence-corrected chi connectivity index (χ2v) is 9.26. The summed E-state index contributed by atoms with van der Waals surface area (Å²) >= 11 is 7.58. The molecular weight excluding hydrogens is 442 g/mol. The Hall–Kier alpha value is -2.51. The van der Waals surface area contributed by atoms with Gasteiger partial charge in [0.25, 0.3) is 0 Å². The predicted molar refractivity (Wildman–Crippen MR) is 130 cm³/mol. The van der Waals surface area contributed by atoms with Crippen molar-refractivity contribution in [3.8, 4) is 0 Å². The van der Waals surface area contributed by atoms with Crippen molar-refractivity contribution in [1.29, 1.82) is 0 Å². The number of piperidine rings is 1. The SMILES string of the molecule is O=C(CSc1nnc(CNc2cccc(Cl)c2)n1CCc1ccccc1)N1CCCCC1. The zero-order chi connectivity index (χ0) is 22.2. The van der Waals surface area contributed by atoms with Crippen LogP contribution in [-0.4, -0.2) is 44.4 Å². The van der Waals surface area contributed by atoms with Crippen molar-refractivity contribution in [2.75, 3.05) is 24.2 Å².